The highest BCUT2D eigenvalue weighted by Crippen LogP contribution is 2.41. The van der Waals surface area contributed by atoms with Gasteiger partial charge in [-0.15, -0.1) is 0 Å². The van der Waals surface area contributed by atoms with E-state index < -0.39 is 0 Å². The smallest absolute Gasteiger partial charge is 0.153 e. The summed E-state index contributed by atoms with van der Waals surface area (Å²) in [6.45, 7) is 0.135. The van der Waals surface area contributed by atoms with Crippen LogP contribution in [0, 0.1) is 0 Å². The van der Waals surface area contributed by atoms with Crippen LogP contribution in [0.4, 0.5) is 5.82 Å². The number of fused-ring (bicyclic) bond motifs is 3. The minimum atomic E-state index is 0.0190. The lowest BCUT2D eigenvalue weighted by Crippen LogP contribution is -2.45. The van der Waals surface area contributed by atoms with E-state index in [1.807, 2.05) is 12.3 Å². The van der Waals surface area contributed by atoms with Crippen molar-refractivity contribution in [3.05, 3.63) is 42.4 Å². The summed E-state index contributed by atoms with van der Waals surface area (Å²) in [4.78, 5) is 7.03. The molecule has 3 heterocycles. The van der Waals surface area contributed by atoms with Gasteiger partial charge in [0.15, 0.2) is 5.82 Å². The van der Waals surface area contributed by atoms with E-state index >= 15 is 0 Å². The number of aliphatic hydroxyl groups excluding tert-OH is 1. The molecule has 1 aliphatic heterocycles. The van der Waals surface area contributed by atoms with Gasteiger partial charge in [-0.25, -0.2) is 4.98 Å². The number of rotatable bonds is 2. The fourth-order valence-electron chi connectivity index (χ4n) is 3.92. The van der Waals surface area contributed by atoms with Gasteiger partial charge in [0.05, 0.1) is 18.3 Å². The Morgan fingerprint density at radius 2 is 2.00 bits per heavy atom. The standard InChI is InChI=1S/C17H21N3O/c21-12-16-14-9-5-11-19(14)15-8-4-10-18-17(15)20(16)13-6-2-1-3-7-13/h4-5,8-11,13,16,21H,1-3,6-7,12H2. The molecule has 4 nitrogen and oxygen atoms in total. The summed E-state index contributed by atoms with van der Waals surface area (Å²) in [6, 6.07) is 8.79. The minimum absolute atomic E-state index is 0.0190. The van der Waals surface area contributed by atoms with E-state index in [1.165, 1.54) is 37.8 Å². The van der Waals surface area contributed by atoms with Crippen molar-refractivity contribution in [3.8, 4) is 5.69 Å². The molecule has 1 atom stereocenters. The molecule has 0 saturated heterocycles. The van der Waals surface area contributed by atoms with E-state index in [9.17, 15) is 5.11 Å². The van der Waals surface area contributed by atoms with Crippen molar-refractivity contribution in [2.75, 3.05) is 11.5 Å². The summed E-state index contributed by atoms with van der Waals surface area (Å²) >= 11 is 0. The van der Waals surface area contributed by atoms with Crippen molar-refractivity contribution in [1.82, 2.24) is 9.55 Å². The van der Waals surface area contributed by atoms with Crippen LogP contribution in [0.5, 0.6) is 0 Å². The molecule has 1 N–H and O–H groups in total. The largest absolute Gasteiger partial charge is 0.394 e. The monoisotopic (exact) mass is 283 g/mol. The van der Waals surface area contributed by atoms with Gasteiger partial charge in [-0.1, -0.05) is 19.3 Å². The van der Waals surface area contributed by atoms with Crippen molar-refractivity contribution >= 4 is 5.82 Å². The quantitative estimate of drug-likeness (QED) is 0.921. The van der Waals surface area contributed by atoms with Crippen LogP contribution in [0.1, 0.15) is 43.8 Å². The van der Waals surface area contributed by atoms with E-state index in [1.54, 1.807) is 0 Å². The lowest BCUT2D eigenvalue weighted by molar-refractivity contribution is 0.239. The molecule has 2 aromatic heterocycles. The predicted octanol–water partition coefficient (Wildman–Crippen LogP) is 3.06. The Morgan fingerprint density at radius 3 is 2.81 bits per heavy atom. The maximum absolute atomic E-state index is 10.0. The van der Waals surface area contributed by atoms with Gasteiger partial charge in [-0.2, -0.15) is 0 Å². The highest BCUT2D eigenvalue weighted by molar-refractivity contribution is 5.63. The summed E-state index contributed by atoms with van der Waals surface area (Å²) in [5, 5.41) is 10.0. The van der Waals surface area contributed by atoms with Crippen molar-refractivity contribution in [2.45, 2.75) is 44.2 Å². The van der Waals surface area contributed by atoms with Gasteiger partial charge in [0.25, 0.3) is 0 Å². The molecule has 2 aromatic rings. The SMILES string of the molecule is OCC1c2cccn2-c2cccnc2N1C1CCCCC1. The van der Waals surface area contributed by atoms with Crippen molar-refractivity contribution in [1.29, 1.82) is 0 Å². The van der Waals surface area contributed by atoms with Gasteiger partial charge < -0.3 is 14.6 Å². The van der Waals surface area contributed by atoms with Crippen LogP contribution in [-0.4, -0.2) is 27.3 Å². The molecular weight excluding hydrogens is 262 g/mol. The van der Waals surface area contributed by atoms with Crippen LogP contribution in [0.15, 0.2) is 36.7 Å². The molecule has 110 valence electrons. The molecule has 0 amide bonds. The first-order valence-corrected chi connectivity index (χ1v) is 7.92. The number of nitrogens with zero attached hydrogens (tertiary/aromatic N) is 3. The Morgan fingerprint density at radius 1 is 1.14 bits per heavy atom. The lowest BCUT2D eigenvalue weighted by Gasteiger charge is -2.44. The maximum Gasteiger partial charge on any atom is 0.153 e. The third-order valence-electron chi connectivity index (χ3n) is 4.87. The Kier molecular flexibility index (Phi) is 3.19. The Labute approximate surface area is 125 Å². The van der Waals surface area contributed by atoms with E-state index in [-0.39, 0.29) is 12.6 Å². The van der Waals surface area contributed by atoms with Gasteiger partial charge >= 0.3 is 0 Å². The molecule has 0 radical (unpaired) electrons. The van der Waals surface area contributed by atoms with E-state index in [0.717, 1.165) is 11.5 Å². The summed E-state index contributed by atoms with van der Waals surface area (Å²) in [5.41, 5.74) is 2.30. The van der Waals surface area contributed by atoms with Crippen LogP contribution < -0.4 is 4.90 Å². The fourth-order valence-corrected chi connectivity index (χ4v) is 3.92. The second kappa shape index (κ2) is 5.19. The Balaban J connectivity index is 1.85. The molecule has 1 saturated carbocycles. The zero-order chi connectivity index (χ0) is 14.2. The first-order valence-electron chi connectivity index (χ1n) is 7.92. The van der Waals surface area contributed by atoms with Gasteiger partial charge in [-0.3, -0.25) is 0 Å². The van der Waals surface area contributed by atoms with E-state index in [4.69, 9.17) is 0 Å². The molecule has 1 unspecified atom stereocenters. The molecule has 0 aromatic carbocycles. The topological polar surface area (TPSA) is 41.3 Å². The fraction of sp³-hybridized carbons (Fsp3) is 0.471. The zero-order valence-corrected chi connectivity index (χ0v) is 12.2. The van der Waals surface area contributed by atoms with Crippen LogP contribution in [0.25, 0.3) is 5.69 Å². The summed E-state index contributed by atoms with van der Waals surface area (Å²) in [6.07, 6.45) is 10.2. The molecule has 21 heavy (non-hydrogen) atoms. The Bertz CT molecular complexity index is 630. The summed E-state index contributed by atoms with van der Waals surface area (Å²) in [7, 11) is 0. The van der Waals surface area contributed by atoms with E-state index in [2.05, 4.69) is 38.8 Å². The third-order valence-corrected chi connectivity index (χ3v) is 4.87. The number of hydrogen-bond acceptors (Lipinski definition) is 3. The molecule has 2 aliphatic rings. The van der Waals surface area contributed by atoms with Crippen molar-refractivity contribution < 1.29 is 5.11 Å². The highest BCUT2D eigenvalue weighted by atomic mass is 16.3. The summed E-state index contributed by atoms with van der Waals surface area (Å²) < 4.78 is 2.17. The molecule has 0 spiro atoms. The zero-order valence-electron chi connectivity index (χ0n) is 12.2. The number of aliphatic hydroxyl groups is 1. The number of aromatic nitrogens is 2. The van der Waals surface area contributed by atoms with Crippen LogP contribution in [-0.2, 0) is 0 Å². The first kappa shape index (κ1) is 12.9. The lowest BCUT2D eigenvalue weighted by atomic mass is 9.92. The van der Waals surface area contributed by atoms with E-state index in [0.29, 0.717) is 6.04 Å². The van der Waals surface area contributed by atoms with Gasteiger partial charge in [0.2, 0.25) is 0 Å². The molecule has 0 bridgehead atoms. The number of hydrogen-bond donors (Lipinski definition) is 1. The van der Waals surface area contributed by atoms with Gasteiger partial charge in [-0.05, 0) is 37.1 Å². The number of pyridine rings is 1. The van der Waals surface area contributed by atoms with Crippen LogP contribution in [0.2, 0.25) is 0 Å². The molecular formula is C17H21N3O. The highest BCUT2D eigenvalue weighted by Gasteiger charge is 2.36. The normalized spacial score (nSPS) is 22.0. The maximum atomic E-state index is 10.0. The molecule has 1 aliphatic carbocycles. The van der Waals surface area contributed by atoms with Gasteiger partial charge in [0.1, 0.15) is 0 Å². The molecule has 4 rings (SSSR count). The summed E-state index contributed by atoms with van der Waals surface area (Å²) in [5.74, 6) is 1.02. The molecule has 1 fully saturated rings. The number of anilines is 1. The second-order valence-electron chi connectivity index (χ2n) is 6.05. The predicted molar refractivity (Wildman–Crippen MR) is 82.7 cm³/mol. The van der Waals surface area contributed by atoms with Crippen LogP contribution >= 0.6 is 0 Å². The average molecular weight is 283 g/mol. The Hall–Kier alpha value is -1.81. The van der Waals surface area contributed by atoms with Gasteiger partial charge in [0, 0.05) is 24.1 Å². The first-order chi connectivity index (χ1) is 10.4. The second-order valence-corrected chi connectivity index (χ2v) is 6.05. The third kappa shape index (κ3) is 1.97. The minimum Gasteiger partial charge on any atom is -0.394 e. The average Bonchev–Trinajstić information content (AvgIpc) is 3.04. The van der Waals surface area contributed by atoms with Crippen molar-refractivity contribution in [3.63, 3.8) is 0 Å². The van der Waals surface area contributed by atoms with Crippen LogP contribution in [0.3, 0.4) is 0 Å². The van der Waals surface area contributed by atoms with Crippen molar-refractivity contribution in [2.24, 2.45) is 0 Å². The molecule has 4 heteroatoms.